The summed E-state index contributed by atoms with van der Waals surface area (Å²) in [4.78, 5) is 14.7. The summed E-state index contributed by atoms with van der Waals surface area (Å²) < 4.78 is 6.72. The van der Waals surface area contributed by atoms with Crippen molar-refractivity contribution in [1.82, 2.24) is 0 Å². The van der Waals surface area contributed by atoms with E-state index in [1.165, 1.54) is 0 Å². The fraction of sp³-hybridized carbons (Fsp3) is 0.421. The number of rotatable bonds is 3. The van der Waals surface area contributed by atoms with E-state index in [9.17, 15) is 9.90 Å². The molecule has 1 N–H and O–H groups in total. The number of fused-ring (bicyclic) bond motifs is 1. The number of likely N-dealkylation sites (N-methyl/N-ethyl adjacent to an activating group) is 1. The van der Waals surface area contributed by atoms with Gasteiger partial charge in [0.2, 0.25) is 5.91 Å². The van der Waals surface area contributed by atoms with Gasteiger partial charge in [0, 0.05) is 30.5 Å². The quantitative estimate of drug-likeness (QED) is 0.886. The van der Waals surface area contributed by atoms with E-state index in [0.29, 0.717) is 25.9 Å². The van der Waals surface area contributed by atoms with Crippen LogP contribution in [-0.2, 0) is 21.6 Å². The Balaban J connectivity index is 1.52. The van der Waals surface area contributed by atoms with Gasteiger partial charge in [-0.15, -0.1) is 11.3 Å². The van der Waals surface area contributed by atoms with E-state index in [4.69, 9.17) is 4.74 Å². The van der Waals surface area contributed by atoms with E-state index >= 15 is 0 Å². The Morgan fingerprint density at radius 3 is 3.04 bits per heavy atom. The molecule has 4 nitrogen and oxygen atoms in total. The van der Waals surface area contributed by atoms with Crippen LogP contribution in [0.4, 0.5) is 5.69 Å². The number of hydrogen-bond donors (Lipinski definition) is 1. The van der Waals surface area contributed by atoms with Gasteiger partial charge < -0.3 is 14.7 Å². The molecule has 1 aromatic heterocycles. The van der Waals surface area contributed by atoms with Crippen LogP contribution in [0.3, 0.4) is 0 Å². The maximum Gasteiger partial charge on any atom is 0.231 e. The predicted molar refractivity (Wildman–Crippen MR) is 101 cm³/mol. The SMILES string of the molecule is C[C@H]1C[C@](O)(c2csc(Sc3ccc4c(c3)CC(=O)N4C)c2)CCO1. The summed E-state index contributed by atoms with van der Waals surface area (Å²) in [6.45, 7) is 2.61. The highest BCUT2D eigenvalue weighted by molar-refractivity contribution is 8.01. The third-order valence-electron chi connectivity index (χ3n) is 5.00. The predicted octanol–water partition coefficient (Wildman–Crippen LogP) is 3.80. The number of thiophene rings is 1. The maximum atomic E-state index is 11.8. The minimum absolute atomic E-state index is 0.0843. The van der Waals surface area contributed by atoms with Crippen LogP contribution < -0.4 is 4.90 Å². The number of nitrogens with zero attached hydrogens (tertiary/aromatic N) is 1. The van der Waals surface area contributed by atoms with Crippen molar-refractivity contribution in [1.29, 1.82) is 0 Å². The molecule has 1 fully saturated rings. The Labute approximate surface area is 155 Å². The molecule has 2 aliphatic heterocycles. The van der Waals surface area contributed by atoms with Crippen LogP contribution in [0.5, 0.6) is 0 Å². The molecule has 0 saturated carbocycles. The summed E-state index contributed by atoms with van der Waals surface area (Å²) >= 11 is 3.34. The van der Waals surface area contributed by atoms with Gasteiger partial charge in [0.05, 0.1) is 28.9 Å². The topological polar surface area (TPSA) is 49.8 Å². The van der Waals surface area contributed by atoms with Gasteiger partial charge in [-0.05, 0) is 47.7 Å². The van der Waals surface area contributed by atoms with Crippen molar-refractivity contribution in [2.45, 2.75) is 47.0 Å². The van der Waals surface area contributed by atoms with Gasteiger partial charge in [-0.3, -0.25) is 4.79 Å². The number of carbonyl (C=O) groups is 1. The molecule has 0 aliphatic carbocycles. The highest BCUT2D eigenvalue weighted by Gasteiger charge is 2.35. The van der Waals surface area contributed by atoms with E-state index in [1.807, 2.05) is 20.0 Å². The second-order valence-electron chi connectivity index (χ2n) is 6.84. The minimum Gasteiger partial charge on any atom is -0.385 e. The van der Waals surface area contributed by atoms with Gasteiger partial charge in [0.15, 0.2) is 0 Å². The average Bonchev–Trinajstić information content (AvgIpc) is 3.13. The molecular formula is C19H21NO3S2. The van der Waals surface area contributed by atoms with E-state index < -0.39 is 5.60 Å². The monoisotopic (exact) mass is 375 g/mol. The summed E-state index contributed by atoms with van der Waals surface area (Å²) in [5, 5.41) is 13.0. The van der Waals surface area contributed by atoms with Crippen molar-refractivity contribution in [3.05, 3.63) is 40.8 Å². The molecule has 1 saturated heterocycles. The zero-order valence-electron chi connectivity index (χ0n) is 14.3. The first-order chi connectivity index (χ1) is 11.9. The molecule has 1 aromatic carbocycles. The third kappa shape index (κ3) is 3.24. The molecule has 3 heterocycles. The van der Waals surface area contributed by atoms with Gasteiger partial charge in [-0.2, -0.15) is 0 Å². The molecule has 2 aliphatic rings. The molecule has 25 heavy (non-hydrogen) atoms. The standard InChI is InChI=1S/C19H21NO3S2/c1-12-10-19(22,5-6-23-12)14-9-18(24-11-14)25-15-3-4-16-13(7-15)8-17(21)20(16)2/h3-4,7,9,11-12,22H,5-6,8,10H2,1-2H3/t12-,19-/m0/s1. The summed E-state index contributed by atoms with van der Waals surface area (Å²) in [6.07, 6.45) is 1.85. The Morgan fingerprint density at radius 2 is 2.24 bits per heavy atom. The van der Waals surface area contributed by atoms with Crippen LogP contribution in [0, 0.1) is 0 Å². The number of anilines is 1. The van der Waals surface area contributed by atoms with Gasteiger partial charge in [0.1, 0.15) is 0 Å². The Hall–Kier alpha value is -1.34. The molecule has 1 amide bonds. The lowest BCUT2D eigenvalue weighted by molar-refractivity contribution is -0.117. The molecule has 0 unspecified atom stereocenters. The third-order valence-corrected chi connectivity index (χ3v) is 7.07. The van der Waals surface area contributed by atoms with Gasteiger partial charge in [-0.25, -0.2) is 0 Å². The van der Waals surface area contributed by atoms with Crippen molar-refractivity contribution in [3.8, 4) is 0 Å². The van der Waals surface area contributed by atoms with Crippen molar-refractivity contribution < 1.29 is 14.6 Å². The van der Waals surface area contributed by atoms with Crippen LogP contribution in [0.2, 0.25) is 0 Å². The number of carbonyl (C=O) groups excluding carboxylic acids is 1. The molecule has 132 valence electrons. The molecule has 0 spiro atoms. The fourth-order valence-corrected chi connectivity index (χ4v) is 5.67. The van der Waals surface area contributed by atoms with Crippen molar-refractivity contribution in [2.75, 3.05) is 18.6 Å². The van der Waals surface area contributed by atoms with Crippen LogP contribution in [0.1, 0.15) is 30.9 Å². The van der Waals surface area contributed by atoms with Crippen molar-refractivity contribution in [2.24, 2.45) is 0 Å². The molecule has 2 atom stereocenters. The molecule has 0 radical (unpaired) electrons. The second kappa shape index (κ2) is 6.43. The number of ether oxygens (including phenoxy) is 1. The minimum atomic E-state index is -0.778. The smallest absolute Gasteiger partial charge is 0.231 e. The molecule has 2 aromatic rings. The number of aliphatic hydroxyl groups is 1. The average molecular weight is 376 g/mol. The van der Waals surface area contributed by atoms with Gasteiger partial charge >= 0.3 is 0 Å². The van der Waals surface area contributed by atoms with Gasteiger partial charge in [-0.1, -0.05) is 11.8 Å². The summed E-state index contributed by atoms with van der Waals surface area (Å²) in [7, 11) is 1.82. The zero-order chi connectivity index (χ0) is 17.6. The van der Waals surface area contributed by atoms with Crippen LogP contribution in [-0.4, -0.2) is 30.8 Å². The number of hydrogen-bond acceptors (Lipinski definition) is 5. The number of benzene rings is 1. The molecular weight excluding hydrogens is 354 g/mol. The first-order valence-corrected chi connectivity index (χ1v) is 10.1. The lowest BCUT2D eigenvalue weighted by Gasteiger charge is -2.35. The summed E-state index contributed by atoms with van der Waals surface area (Å²) in [6, 6.07) is 8.28. The summed E-state index contributed by atoms with van der Waals surface area (Å²) in [5.74, 6) is 0.145. The van der Waals surface area contributed by atoms with Crippen molar-refractivity contribution in [3.63, 3.8) is 0 Å². The largest absolute Gasteiger partial charge is 0.385 e. The summed E-state index contributed by atoms with van der Waals surface area (Å²) in [5.41, 5.74) is 2.31. The molecule has 6 heteroatoms. The lowest BCUT2D eigenvalue weighted by Crippen LogP contribution is -2.37. The highest BCUT2D eigenvalue weighted by Crippen LogP contribution is 2.42. The lowest BCUT2D eigenvalue weighted by atomic mass is 9.86. The fourth-order valence-electron chi connectivity index (χ4n) is 3.57. The first-order valence-electron chi connectivity index (χ1n) is 8.45. The first kappa shape index (κ1) is 17.1. The van der Waals surface area contributed by atoms with E-state index in [1.54, 1.807) is 28.0 Å². The maximum absolute atomic E-state index is 11.8. The van der Waals surface area contributed by atoms with E-state index in [0.717, 1.165) is 25.9 Å². The number of amides is 1. The zero-order valence-corrected chi connectivity index (χ0v) is 16.0. The Kier molecular flexibility index (Phi) is 4.40. The van der Waals surface area contributed by atoms with E-state index in [2.05, 4.69) is 23.6 Å². The van der Waals surface area contributed by atoms with Gasteiger partial charge in [0.25, 0.3) is 0 Å². The van der Waals surface area contributed by atoms with Crippen LogP contribution in [0.15, 0.2) is 38.8 Å². The Morgan fingerprint density at radius 1 is 1.40 bits per heavy atom. The molecule has 4 rings (SSSR count). The van der Waals surface area contributed by atoms with Crippen LogP contribution >= 0.6 is 23.1 Å². The van der Waals surface area contributed by atoms with Crippen LogP contribution in [0.25, 0.3) is 0 Å². The van der Waals surface area contributed by atoms with E-state index in [-0.39, 0.29) is 12.0 Å². The molecule has 0 bridgehead atoms. The van der Waals surface area contributed by atoms with Crippen molar-refractivity contribution >= 4 is 34.7 Å². The Bertz CT molecular complexity index is 819. The highest BCUT2D eigenvalue weighted by atomic mass is 32.2. The second-order valence-corrected chi connectivity index (χ2v) is 9.13. The normalized spacial score (nSPS) is 26.1.